The molecule has 2 aliphatic heterocycles. The third kappa shape index (κ3) is 3.34. The second kappa shape index (κ2) is 7.73. The SMILES string of the molecule is COc1ccc(CN2C(=O)[C@]3(SC(NC(C)=O)=NN3C(C)=O)c3cccc(C)c32)cc1. The van der Waals surface area contributed by atoms with Crippen molar-refractivity contribution < 1.29 is 19.1 Å². The molecule has 0 saturated heterocycles. The molecule has 1 N–H and O–H groups in total. The van der Waals surface area contributed by atoms with Gasteiger partial charge in [-0.15, -0.1) is 5.10 Å². The Morgan fingerprint density at radius 1 is 1.16 bits per heavy atom. The molecule has 2 aliphatic rings. The van der Waals surface area contributed by atoms with E-state index in [0.29, 0.717) is 12.1 Å². The Labute approximate surface area is 184 Å². The van der Waals surface area contributed by atoms with Crippen molar-refractivity contribution in [3.8, 4) is 5.75 Å². The number of thioether (sulfide) groups is 1. The lowest BCUT2D eigenvalue weighted by Crippen LogP contribution is -2.48. The van der Waals surface area contributed by atoms with Gasteiger partial charge in [0.05, 0.1) is 19.3 Å². The van der Waals surface area contributed by atoms with E-state index in [4.69, 9.17) is 4.74 Å². The van der Waals surface area contributed by atoms with Gasteiger partial charge >= 0.3 is 0 Å². The highest BCUT2D eigenvalue weighted by Gasteiger charge is 2.61. The zero-order valence-electron chi connectivity index (χ0n) is 17.6. The van der Waals surface area contributed by atoms with E-state index in [9.17, 15) is 14.4 Å². The fourth-order valence-electron chi connectivity index (χ4n) is 3.92. The van der Waals surface area contributed by atoms with Crippen LogP contribution in [0.4, 0.5) is 5.69 Å². The van der Waals surface area contributed by atoms with Gasteiger partial charge in [-0.05, 0) is 41.9 Å². The van der Waals surface area contributed by atoms with Crippen LogP contribution < -0.4 is 15.0 Å². The topological polar surface area (TPSA) is 91.3 Å². The maximum absolute atomic E-state index is 13.9. The lowest BCUT2D eigenvalue weighted by atomic mass is 10.0. The molecule has 31 heavy (non-hydrogen) atoms. The molecule has 0 saturated carbocycles. The number of amides is 3. The Balaban J connectivity index is 1.80. The minimum atomic E-state index is -1.39. The molecule has 0 unspecified atom stereocenters. The molecule has 1 atom stereocenters. The van der Waals surface area contributed by atoms with Gasteiger partial charge in [0.25, 0.3) is 5.91 Å². The Bertz CT molecular complexity index is 1110. The number of aryl methyl sites for hydroxylation is 1. The van der Waals surface area contributed by atoms with Crippen LogP contribution in [-0.4, -0.2) is 35.0 Å². The van der Waals surface area contributed by atoms with Crippen molar-refractivity contribution in [2.75, 3.05) is 12.0 Å². The summed E-state index contributed by atoms with van der Waals surface area (Å²) in [6, 6.07) is 13.1. The quantitative estimate of drug-likeness (QED) is 0.796. The molecule has 0 aliphatic carbocycles. The van der Waals surface area contributed by atoms with Gasteiger partial charge in [-0.2, -0.15) is 5.01 Å². The number of anilines is 1. The summed E-state index contributed by atoms with van der Waals surface area (Å²) in [4.78, 5) is 38.3. The van der Waals surface area contributed by atoms with E-state index in [2.05, 4.69) is 10.4 Å². The number of rotatable bonds is 3. The van der Waals surface area contributed by atoms with E-state index < -0.39 is 4.87 Å². The molecule has 8 nitrogen and oxygen atoms in total. The average molecular weight is 439 g/mol. The van der Waals surface area contributed by atoms with Crippen LogP contribution in [0, 0.1) is 6.92 Å². The van der Waals surface area contributed by atoms with Crippen LogP contribution >= 0.6 is 11.8 Å². The van der Waals surface area contributed by atoms with E-state index in [1.807, 2.05) is 49.4 Å². The van der Waals surface area contributed by atoms with Gasteiger partial charge in [0, 0.05) is 19.4 Å². The maximum Gasteiger partial charge on any atom is 0.271 e. The van der Waals surface area contributed by atoms with Crippen LogP contribution in [-0.2, 0) is 25.8 Å². The first kappa shape index (κ1) is 20.9. The second-order valence-corrected chi connectivity index (χ2v) is 8.56. The number of para-hydroxylation sites is 1. The standard InChI is InChI=1S/C22H22N4O4S/c1-13-6-5-7-18-19(13)25(12-16-8-10-17(30-4)11-9-16)20(29)22(18)26(15(3)28)24-21(31-22)23-14(2)27/h5-11H,12H2,1-4H3,(H,23,24,27)/t22-/m1/s1. The van der Waals surface area contributed by atoms with Crippen molar-refractivity contribution in [3.63, 3.8) is 0 Å². The lowest BCUT2D eigenvalue weighted by molar-refractivity contribution is -0.139. The van der Waals surface area contributed by atoms with E-state index in [0.717, 1.165) is 34.3 Å². The van der Waals surface area contributed by atoms with Crippen molar-refractivity contribution in [2.45, 2.75) is 32.2 Å². The first-order valence-electron chi connectivity index (χ1n) is 9.69. The highest BCUT2D eigenvalue weighted by molar-refractivity contribution is 8.15. The zero-order valence-corrected chi connectivity index (χ0v) is 18.4. The molecule has 160 valence electrons. The van der Waals surface area contributed by atoms with Gasteiger partial charge in [-0.25, -0.2) is 0 Å². The van der Waals surface area contributed by atoms with Crippen LogP contribution in [0.2, 0.25) is 0 Å². The van der Waals surface area contributed by atoms with Crippen molar-refractivity contribution in [2.24, 2.45) is 5.10 Å². The zero-order chi connectivity index (χ0) is 22.3. The number of amidine groups is 1. The number of methoxy groups -OCH3 is 1. The van der Waals surface area contributed by atoms with Gasteiger partial charge in [0.1, 0.15) is 5.75 Å². The number of carbonyl (C=O) groups excluding carboxylic acids is 3. The van der Waals surface area contributed by atoms with Crippen molar-refractivity contribution in [1.82, 2.24) is 10.3 Å². The number of hydrazone groups is 1. The molecule has 4 rings (SSSR count). The van der Waals surface area contributed by atoms with E-state index in [-0.39, 0.29) is 22.9 Å². The summed E-state index contributed by atoms with van der Waals surface area (Å²) in [6.45, 7) is 4.97. The molecule has 0 radical (unpaired) electrons. The summed E-state index contributed by atoms with van der Waals surface area (Å²) in [5.41, 5.74) is 3.26. The first-order valence-corrected chi connectivity index (χ1v) is 10.5. The van der Waals surface area contributed by atoms with Crippen molar-refractivity contribution in [1.29, 1.82) is 0 Å². The molecule has 3 amide bonds. The maximum atomic E-state index is 13.9. The predicted octanol–water partition coefficient (Wildman–Crippen LogP) is 2.71. The van der Waals surface area contributed by atoms with E-state index >= 15 is 0 Å². The normalized spacial score (nSPS) is 19.5. The monoisotopic (exact) mass is 438 g/mol. The smallest absolute Gasteiger partial charge is 0.271 e. The molecular weight excluding hydrogens is 416 g/mol. The fourth-order valence-corrected chi connectivity index (χ4v) is 5.24. The number of hydrogen-bond acceptors (Lipinski definition) is 6. The summed E-state index contributed by atoms with van der Waals surface area (Å²) < 4.78 is 5.22. The first-order chi connectivity index (χ1) is 14.8. The number of hydrogen-bond donors (Lipinski definition) is 1. The Morgan fingerprint density at radius 2 is 1.87 bits per heavy atom. The highest BCUT2D eigenvalue weighted by Crippen LogP contribution is 2.55. The van der Waals surface area contributed by atoms with E-state index in [1.165, 1.54) is 18.9 Å². The number of ether oxygens (including phenoxy) is 1. The van der Waals surface area contributed by atoms with Crippen LogP contribution in [0.1, 0.15) is 30.5 Å². The van der Waals surface area contributed by atoms with Gasteiger partial charge in [0.2, 0.25) is 16.7 Å². The third-order valence-electron chi connectivity index (χ3n) is 5.22. The summed E-state index contributed by atoms with van der Waals surface area (Å²) in [5, 5.41) is 8.29. The van der Waals surface area contributed by atoms with Gasteiger partial charge in [-0.3, -0.25) is 14.4 Å². The number of carbonyl (C=O) groups is 3. The summed E-state index contributed by atoms with van der Waals surface area (Å²) in [6.07, 6.45) is 0. The third-order valence-corrected chi connectivity index (χ3v) is 6.46. The molecule has 9 heteroatoms. The summed E-state index contributed by atoms with van der Waals surface area (Å²) >= 11 is 1.08. The summed E-state index contributed by atoms with van der Waals surface area (Å²) in [7, 11) is 1.60. The molecule has 2 aromatic carbocycles. The Hall–Kier alpha value is -3.33. The van der Waals surface area contributed by atoms with Crippen molar-refractivity contribution >= 4 is 40.3 Å². The molecular formula is C22H22N4O4S. The molecule has 0 bridgehead atoms. The van der Waals surface area contributed by atoms with Gasteiger partial charge < -0.3 is 15.0 Å². The van der Waals surface area contributed by atoms with Gasteiger partial charge in [0.15, 0.2) is 5.17 Å². The lowest BCUT2D eigenvalue weighted by Gasteiger charge is -2.29. The second-order valence-electron chi connectivity index (χ2n) is 7.37. The number of nitrogens with zero attached hydrogens (tertiary/aromatic N) is 3. The molecule has 2 heterocycles. The van der Waals surface area contributed by atoms with Crippen LogP contribution in [0.3, 0.4) is 0 Å². The Morgan fingerprint density at radius 3 is 2.48 bits per heavy atom. The van der Waals surface area contributed by atoms with Gasteiger partial charge in [-0.1, -0.05) is 30.3 Å². The fraction of sp³-hybridized carbons (Fsp3) is 0.273. The molecule has 1 spiro atoms. The average Bonchev–Trinajstić information content (AvgIpc) is 3.21. The Kier molecular flexibility index (Phi) is 5.22. The molecule has 0 fully saturated rings. The summed E-state index contributed by atoms with van der Waals surface area (Å²) in [5.74, 6) is -0.263. The van der Waals surface area contributed by atoms with E-state index in [1.54, 1.807) is 12.0 Å². The number of nitrogens with one attached hydrogen (secondary N) is 1. The largest absolute Gasteiger partial charge is 0.497 e. The number of benzene rings is 2. The van der Waals surface area contributed by atoms with Crippen LogP contribution in [0.25, 0.3) is 0 Å². The van der Waals surface area contributed by atoms with Crippen LogP contribution in [0.15, 0.2) is 47.6 Å². The van der Waals surface area contributed by atoms with Crippen LogP contribution in [0.5, 0.6) is 5.75 Å². The minimum absolute atomic E-state index is 0.217. The molecule has 2 aromatic rings. The highest BCUT2D eigenvalue weighted by atomic mass is 32.2. The minimum Gasteiger partial charge on any atom is -0.497 e. The molecule has 0 aromatic heterocycles. The number of fused-ring (bicyclic) bond motifs is 2. The predicted molar refractivity (Wildman–Crippen MR) is 118 cm³/mol. The van der Waals surface area contributed by atoms with Crippen molar-refractivity contribution in [3.05, 3.63) is 59.2 Å².